The fraction of sp³-hybridized carbons (Fsp3) is 0.500. The molecular weight excluding hydrogens is 212 g/mol. The van der Waals surface area contributed by atoms with Crippen LogP contribution in [-0.4, -0.2) is 25.5 Å². The van der Waals surface area contributed by atoms with Crippen LogP contribution in [0.2, 0.25) is 0 Å². The standard InChI is InChI=1S/C14H18N2O/c17-13-14(7-4-8-15-10-14)12(9-16-13)11-5-2-1-3-6-11/h1-3,5-6,12,15H,4,7-10H2,(H,16,17). The highest BCUT2D eigenvalue weighted by Crippen LogP contribution is 2.44. The number of rotatable bonds is 1. The second kappa shape index (κ2) is 4.15. The van der Waals surface area contributed by atoms with E-state index in [1.165, 1.54) is 5.56 Å². The molecule has 2 fully saturated rings. The molecule has 3 nitrogen and oxygen atoms in total. The molecule has 2 atom stereocenters. The first-order chi connectivity index (χ1) is 8.33. The number of carbonyl (C=O) groups excluding carboxylic acids is 1. The number of hydrogen-bond donors (Lipinski definition) is 2. The molecule has 2 aliphatic rings. The second-order valence-electron chi connectivity index (χ2n) is 5.11. The molecule has 1 aromatic carbocycles. The Morgan fingerprint density at radius 1 is 1.24 bits per heavy atom. The Balaban J connectivity index is 1.96. The van der Waals surface area contributed by atoms with Gasteiger partial charge in [0.15, 0.2) is 0 Å². The van der Waals surface area contributed by atoms with Crippen LogP contribution in [0.5, 0.6) is 0 Å². The van der Waals surface area contributed by atoms with Gasteiger partial charge in [0.1, 0.15) is 0 Å². The highest BCUT2D eigenvalue weighted by Gasteiger charge is 2.50. The topological polar surface area (TPSA) is 41.1 Å². The molecule has 3 heteroatoms. The molecule has 0 radical (unpaired) electrons. The van der Waals surface area contributed by atoms with Crippen molar-refractivity contribution in [2.75, 3.05) is 19.6 Å². The molecule has 2 heterocycles. The predicted octanol–water partition coefficient (Wildman–Crippen LogP) is 1.27. The van der Waals surface area contributed by atoms with Crippen molar-refractivity contribution >= 4 is 5.91 Å². The van der Waals surface area contributed by atoms with Gasteiger partial charge in [-0.05, 0) is 24.9 Å². The quantitative estimate of drug-likeness (QED) is 0.763. The van der Waals surface area contributed by atoms with Gasteiger partial charge < -0.3 is 10.6 Å². The Hall–Kier alpha value is -1.35. The molecule has 2 unspecified atom stereocenters. The summed E-state index contributed by atoms with van der Waals surface area (Å²) in [6.45, 7) is 2.64. The summed E-state index contributed by atoms with van der Waals surface area (Å²) in [5.41, 5.74) is 1.08. The molecule has 0 aliphatic carbocycles. The lowest BCUT2D eigenvalue weighted by Gasteiger charge is -2.36. The number of piperidine rings is 1. The number of carbonyl (C=O) groups is 1. The Bertz CT molecular complexity index is 409. The molecule has 0 saturated carbocycles. The van der Waals surface area contributed by atoms with Crippen molar-refractivity contribution in [2.24, 2.45) is 5.41 Å². The largest absolute Gasteiger partial charge is 0.355 e. The van der Waals surface area contributed by atoms with E-state index in [2.05, 4.69) is 34.9 Å². The maximum Gasteiger partial charge on any atom is 0.228 e. The number of amides is 1. The van der Waals surface area contributed by atoms with Crippen LogP contribution in [0.15, 0.2) is 30.3 Å². The van der Waals surface area contributed by atoms with Crippen molar-refractivity contribution in [3.63, 3.8) is 0 Å². The van der Waals surface area contributed by atoms with Crippen molar-refractivity contribution in [1.82, 2.24) is 10.6 Å². The third kappa shape index (κ3) is 1.65. The summed E-state index contributed by atoms with van der Waals surface area (Å²) in [5, 5.41) is 6.44. The fourth-order valence-electron chi connectivity index (χ4n) is 3.27. The Morgan fingerprint density at radius 2 is 2.06 bits per heavy atom. The van der Waals surface area contributed by atoms with Gasteiger partial charge >= 0.3 is 0 Å². The first-order valence-electron chi connectivity index (χ1n) is 6.37. The van der Waals surface area contributed by atoms with Crippen LogP contribution in [0, 0.1) is 5.41 Å². The van der Waals surface area contributed by atoms with E-state index in [0.29, 0.717) is 5.92 Å². The molecule has 1 aromatic rings. The Morgan fingerprint density at radius 3 is 2.76 bits per heavy atom. The van der Waals surface area contributed by atoms with Crippen LogP contribution in [0.25, 0.3) is 0 Å². The highest BCUT2D eigenvalue weighted by atomic mass is 16.2. The maximum atomic E-state index is 12.2. The molecule has 1 amide bonds. The lowest BCUT2D eigenvalue weighted by molar-refractivity contribution is -0.129. The van der Waals surface area contributed by atoms with Gasteiger partial charge in [0.2, 0.25) is 5.91 Å². The van der Waals surface area contributed by atoms with Gasteiger partial charge in [0.25, 0.3) is 0 Å². The van der Waals surface area contributed by atoms with E-state index in [1.807, 2.05) is 6.07 Å². The Kier molecular flexibility index (Phi) is 2.63. The van der Waals surface area contributed by atoms with Crippen LogP contribution in [-0.2, 0) is 4.79 Å². The fourth-order valence-corrected chi connectivity index (χ4v) is 3.27. The number of hydrogen-bond acceptors (Lipinski definition) is 2. The first kappa shape index (κ1) is 10.8. The van der Waals surface area contributed by atoms with Gasteiger partial charge in [-0.2, -0.15) is 0 Å². The summed E-state index contributed by atoms with van der Waals surface area (Å²) < 4.78 is 0. The average molecular weight is 230 g/mol. The highest BCUT2D eigenvalue weighted by molar-refractivity contribution is 5.87. The van der Waals surface area contributed by atoms with Crippen LogP contribution < -0.4 is 10.6 Å². The van der Waals surface area contributed by atoms with Crippen molar-refractivity contribution in [2.45, 2.75) is 18.8 Å². The molecule has 2 aliphatic heterocycles. The number of benzene rings is 1. The van der Waals surface area contributed by atoms with Crippen LogP contribution in [0.3, 0.4) is 0 Å². The zero-order valence-electron chi connectivity index (χ0n) is 9.91. The van der Waals surface area contributed by atoms with Crippen LogP contribution >= 0.6 is 0 Å². The monoisotopic (exact) mass is 230 g/mol. The van der Waals surface area contributed by atoms with E-state index in [4.69, 9.17) is 0 Å². The molecule has 17 heavy (non-hydrogen) atoms. The summed E-state index contributed by atoms with van der Waals surface area (Å²) in [7, 11) is 0. The van der Waals surface area contributed by atoms with E-state index in [1.54, 1.807) is 0 Å². The Labute approximate surface area is 102 Å². The molecule has 90 valence electrons. The maximum absolute atomic E-state index is 12.2. The van der Waals surface area contributed by atoms with Gasteiger partial charge in [-0.15, -0.1) is 0 Å². The van der Waals surface area contributed by atoms with E-state index >= 15 is 0 Å². The molecule has 2 saturated heterocycles. The molecule has 0 bridgehead atoms. The zero-order valence-corrected chi connectivity index (χ0v) is 9.91. The SMILES string of the molecule is O=C1NCC(c2ccccc2)C12CCCNC2. The van der Waals surface area contributed by atoms with Crippen LogP contribution in [0.1, 0.15) is 24.3 Å². The predicted molar refractivity (Wildman–Crippen MR) is 66.7 cm³/mol. The van der Waals surface area contributed by atoms with E-state index in [-0.39, 0.29) is 11.3 Å². The van der Waals surface area contributed by atoms with Crippen molar-refractivity contribution in [3.05, 3.63) is 35.9 Å². The smallest absolute Gasteiger partial charge is 0.228 e. The lowest BCUT2D eigenvalue weighted by atomic mass is 9.69. The van der Waals surface area contributed by atoms with E-state index < -0.39 is 0 Å². The molecular formula is C14H18N2O. The van der Waals surface area contributed by atoms with Crippen LogP contribution in [0.4, 0.5) is 0 Å². The minimum Gasteiger partial charge on any atom is -0.355 e. The molecule has 0 aromatic heterocycles. The second-order valence-corrected chi connectivity index (χ2v) is 5.11. The van der Waals surface area contributed by atoms with Gasteiger partial charge in [0.05, 0.1) is 5.41 Å². The minimum atomic E-state index is -0.209. The average Bonchev–Trinajstić information content (AvgIpc) is 2.69. The van der Waals surface area contributed by atoms with Crippen molar-refractivity contribution < 1.29 is 4.79 Å². The zero-order chi connectivity index (χ0) is 11.7. The van der Waals surface area contributed by atoms with Gasteiger partial charge in [0, 0.05) is 19.0 Å². The van der Waals surface area contributed by atoms with Gasteiger partial charge in [-0.3, -0.25) is 4.79 Å². The summed E-state index contributed by atoms with van der Waals surface area (Å²) in [4.78, 5) is 12.2. The lowest BCUT2D eigenvalue weighted by Crippen LogP contribution is -2.47. The minimum absolute atomic E-state index is 0.209. The normalized spacial score (nSPS) is 32.7. The first-order valence-corrected chi connectivity index (χ1v) is 6.37. The molecule has 2 N–H and O–H groups in total. The summed E-state index contributed by atoms with van der Waals surface area (Å²) in [6.07, 6.45) is 2.10. The summed E-state index contributed by atoms with van der Waals surface area (Å²) >= 11 is 0. The van der Waals surface area contributed by atoms with E-state index in [0.717, 1.165) is 32.5 Å². The van der Waals surface area contributed by atoms with Gasteiger partial charge in [-0.1, -0.05) is 30.3 Å². The molecule has 1 spiro atoms. The summed E-state index contributed by atoms with van der Waals surface area (Å²) in [5.74, 6) is 0.558. The third-order valence-electron chi connectivity index (χ3n) is 4.20. The number of nitrogens with one attached hydrogen (secondary N) is 2. The van der Waals surface area contributed by atoms with Crippen molar-refractivity contribution in [1.29, 1.82) is 0 Å². The van der Waals surface area contributed by atoms with Gasteiger partial charge in [-0.25, -0.2) is 0 Å². The van der Waals surface area contributed by atoms with E-state index in [9.17, 15) is 4.79 Å². The third-order valence-corrected chi connectivity index (χ3v) is 4.20. The molecule has 3 rings (SSSR count). The van der Waals surface area contributed by atoms with Crippen molar-refractivity contribution in [3.8, 4) is 0 Å². The summed E-state index contributed by atoms with van der Waals surface area (Å²) in [6, 6.07) is 10.4.